The third-order valence-corrected chi connectivity index (χ3v) is 4.38. The molecule has 2 aromatic carbocycles. The number of carbonyl (C=O) groups is 1. The molecule has 0 aromatic heterocycles. The third kappa shape index (κ3) is 3.97. The quantitative estimate of drug-likeness (QED) is 0.924. The second-order valence-electron chi connectivity index (χ2n) is 4.38. The van der Waals surface area contributed by atoms with Gasteiger partial charge < -0.3 is 5.32 Å². The van der Waals surface area contributed by atoms with Crippen LogP contribution in [0.2, 0.25) is 10.0 Å². The maximum absolute atomic E-state index is 12.1. The van der Waals surface area contributed by atoms with Crippen LogP contribution in [0.5, 0.6) is 0 Å². The summed E-state index contributed by atoms with van der Waals surface area (Å²) in [6.45, 7) is 0. The number of anilines is 1. The van der Waals surface area contributed by atoms with Gasteiger partial charge in [0.2, 0.25) is 0 Å². The molecule has 2 aromatic rings. The SMILES string of the molecule is CS(=O)(=O)c1cccc(C(=O)Nc2cc(Cl)ccc2Cl)c1. The molecule has 0 aliphatic rings. The Labute approximate surface area is 132 Å². The van der Waals surface area contributed by atoms with Crippen LogP contribution >= 0.6 is 23.2 Å². The molecule has 2 rings (SSSR count). The normalized spacial score (nSPS) is 11.2. The van der Waals surface area contributed by atoms with Crippen LogP contribution in [-0.2, 0) is 9.84 Å². The van der Waals surface area contributed by atoms with Gasteiger partial charge >= 0.3 is 0 Å². The highest BCUT2D eigenvalue weighted by Gasteiger charge is 2.13. The van der Waals surface area contributed by atoms with E-state index in [1.807, 2.05) is 0 Å². The van der Waals surface area contributed by atoms with E-state index < -0.39 is 15.7 Å². The topological polar surface area (TPSA) is 63.2 Å². The summed E-state index contributed by atoms with van der Waals surface area (Å²) in [6.07, 6.45) is 1.08. The molecular formula is C14H11Cl2NO3S. The van der Waals surface area contributed by atoms with E-state index in [0.717, 1.165) is 6.26 Å². The van der Waals surface area contributed by atoms with E-state index in [1.165, 1.54) is 30.3 Å². The fourth-order valence-corrected chi connectivity index (χ4v) is 2.66. The van der Waals surface area contributed by atoms with Gasteiger partial charge in [0, 0.05) is 16.8 Å². The molecule has 110 valence electrons. The molecule has 0 saturated heterocycles. The molecule has 0 fully saturated rings. The maximum Gasteiger partial charge on any atom is 0.255 e. The van der Waals surface area contributed by atoms with Gasteiger partial charge in [-0.3, -0.25) is 4.79 Å². The highest BCUT2D eigenvalue weighted by molar-refractivity contribution is 7.90. The first-order valence-electron chi connectivity index (χ1n) is 5.84. The molecule has 4 nitrogen and oxygen atoms in total. The monoisotopic (exact) mass is 343 g/mol. The van der Waals surface area contributed by atoms with Gasteiger partial charge in [-0.2, -0.15) is 0 Å². The van der Waals surface area contributed by atoms with Crippen LogP contribution in [0.3, 0.4) is 0 Å². The van der Waals surface area contributed by atoms with Crippen LogP contribution in [0, 0.1) is 0 Å². The Balaban J connectivity index is 2.31. The van der Waals surface area contributed by atoms with Gasteiger partial charge in [-0.1, -0.05) is 29.3 Å². The standard InChI is InChI=1S/C14H11Cl2NO3S/c1-21(19,20)11-4-2-3-9(7-11)14(18)17-13-8-10(15)5-6-12(13)16/h2-8H,1H3,(H,17,18). The number of benzene rings is 2. The van der Waals surface area contributed by atoms with Crippen molar-refractivity contribution in [2.75, 3.05) is 11.6 Å². The lowest BCUT2D eigenvalue weighted by atomic mass is 10.2. The van der Waals surface area contributed by atoms with Crippen LogP contribution < -0.4 is 5.32 Å². The zero-order valence-corrected chi connectivity index (χ0v) is 13.3. The Morgan fingerprint density at radius 3 is 2.48 bits per heavy atom. The van der Waals surface area contributed by atoms with Gasteiger partial charge in [0.1, 0.15) is 0 Å². The van der Waals surface area contributed by atoms with Crippen LogP contribution in [0.1, 0.15) is 10.4 Å². The van der Waals surface area contributed by atoms with Crippen molar-refractivity contribution in [2.24, 2.45) is 0 Å². The lowest BCUT2D eigenvalue weighted by Crippen LogP contribution is -2.13. The van der Waals surface area contributed by atoms with Crippen molar-refractivity contribution < 1.29 is 13.2 Å². The molecule has 0 aliphatic heterocycles. The van der Waals surface area contributed by atoms with E-state index in [0.29, 0.717) is 15.7 Å². The summed E-state index contributed by atoms with van der Waals surface area (Å²) in [6, 6.07) is 10.4. The van der Waals surface area contributed by atoms with Crippen molar-refractivity contribution in [2.45, 2.75) is 4.90 Å². The molecule has 0 heterocycles. The van der Waals surface area contributed by atoms with E-state index in [1.54, 1.807) is 12.1 Å². The van der Waals surface area contributed by atoms with Crippen molar-refractivity contribution in [1.29, 1.82) is 0 Å². The maximum atomic E-state index is 12.1. The second-order valence-corrected chi connectivity index (χ2v) is 7.24. The molecule has 1 amide bonds. The third-order valence-electron chi connectivity index (χ3n) is 2.70. The average molecular weight is 344 g/mol. The largest absolute Gasteiger partial charge is 0.321 e. The Kier molecular flexibility index (Phi) is 4.56. The predicted molar refractivity (Wildman–Crippen MR) is 84.0 cm³/mol. The van der Waals surface area contributed by atoms with Gasteiger partial charge in [-0.05, 0) is 36.4 Å². The number of hydrogen-bond donors (Lipinski definition) is 1. The van der Waals surface area contributed by atoms with Crippen molar-refractivity contribution in [3.63, 3.8) is 0 Å². The minimum absolute atomic E-state index is 0.0762. The van der Waals surface area contributed by atoms with Gasteiger partial charge in [0.25, 0.3) is 5.91 Å². The van der Waals surface area contributed by atoms with Crippen molar-refractivity contribution in [3.05, 3.63) is 58.1 Å². The van der Waals surface area contributed by atoms with Gasteiger partial charge in [0.05, 0.1) is 15.6 Å². The smallest absolute Gasteiger partial charge is 0.255 e. The van der Waals surface area contributed by atoms with Crippen LogP contribution in [0.15, 0.2) is 47.4 Å². The van der Waals surface area contributed by atoms with E-state index in [2.05, 4.69) is 5.32 Å². The first-order valence-corrected chi connectivity index (χ1v) is 8.48. The summed E-state index contributed by atoms with van der Waals surface area (Å²) in [7, 11) is -3.37. The van der Waals surface area contributed by atoms with E-state index in [4.69, 9.17) is 23.2 Å². The summed E-state index contributed by atoms with van der Waals surface area (Å²) in [5.74, 6) is -0.468. The molecule has 0 atom stereocenters. The van der Waals surface area contributed by atoms with E-state index in [9.17, 15) is 13.2 Å². The molecule has 0 unspecified atom stereocenters. The lowest BCUT2D eigenvalue weighted by molar-refractivity contribution is 0.102. The second kappa shape index (κ2) is 6.05. The van der Waals surface area contributed by atoms with Crippen molar-refractivity contribution >= 4 is 44.6 Å². The Morgan fingerprint density at radius 2 is 1.81 bits per heavy atom. The average Bonchev–Trinajstić information content (AvgIpc) is 2.42. The predicted octanol–water partition coefficient (Wildman–Crippen LogP) is 3.65. The fourth-order valence-electron chi connectivity index (χ4n) is 1.66. The fraction of sp³-hybridized carbons (Fsp3) is 0.0714. The van der Waals surface area contributed by atoms with Crippen molar-refractivity contribution in [1.82, 2.24) is 0 Å². The van der Waals surface area contributed by atoms with Crippen molar-refractivity contribution in [3.8, 4) is 0 Å². The first-order chi connectivity index (χ1) is 9.77. The Hall–Kier alpha value is -1.56. The Morgan fingerprint density at radius 1 is 1.10 bits per heavy atom. The summed E-state index contributed by atoms with van der Waals surface area (Å²) < 4.78 is 23.0. The number of rotatable bonds is 3. The molecule has 0 bridgehead atoms. The summed E-state index contributed by atoms with van der Waals surface area (Å²) >= 11 is 11.8. The minimum Gasteiger partial charge on any atom is -0.321 e. The van der Waals surface area contributed by atoms with Crippen LogP contribution in [0.25, 0.3) is 0 Å². The number of sulfone groups is 1. The molecule has 0 aliphatic carbocycles. The van der Waals surface area contributed by atoms with E-state index >= 15 is 0 Å². The minimum atomic E-state index is -3.37. The number of carbonyl (C=O) groups excluding carboxylic acids is 1. The number of nitrogens with one attached hydrogen (secondary N) is 1. The lowest BCUT2D eigenvalue weighted by Gasteiger charge is -2.08. The van der Waals surface area contributed by atoms with Gasteiger partial charge in [-0.25, -0.2) is 8.42 Å². The zero-order chi connectivity index (χ0) is 15.6. The molecule has 1 N–H and O–H groups in total. The molecule has 7 heteroatoms. The summed E-state index contributed by atoms with van der Waals surface area (Å²) in [5, 5.41) is 3.37. The zero-order valence-electron chi connectivity index (χ0n) is 10.9. The number of hydrogen-bond acceptors (Lipinski definition) is 3. The summed E-state index contributed by atoms with van der Waals surface area (Å²) in [4.78, 5) is 12.2. The Bertz CT molecular complexity index is 804. The van der Waals surface area contributed by atoms with Gasteiger partial charge in [-0.15, -0.1) is 0 Å². The number of amides is 1. The number of halogens is 2. The van der Waals surface area contributed by atoms with Crippen LogP contribution in [-0.4, -0.2) is 20.6 Å². The molecular weight excluding hydrogens is 333 g/mol. The molecule has 21 heavy (non-hydrogen) atoms. The highest BCUT2D eigenvalue weighted by Crippen LogP contribution is 2.26. The van der Waals surface area contributed by atoms with Crippen LogP contribution in [0.4, 0.5) is 5.69 Å². The van der Waals surface area contributed by atoms with E-state index in [-0.39, 0.29) is 10.5 Å². The summed E-state index contributed by atoms with van der Waals surface area (Å²) in [5.41, 5.74) is 0.577. The first kappa shape index (κ1) is 15.8. The highest BCUT2D eigenvalue weighted by atomic mass is 35.5. The molecule has 0 saturated carbocycles. The van der Waals surface area contributed by atoms with Gasteiger partial charge in [0.15, 0.2) is 9.84 Å². The molecule has 0 radical (unpaired) electrons. The molecule has 0 spiro atoms.